The molecule has 2 heterocycles. The summed E-state index contributed by atoms with van der Waals surface area (Å²) in [6.07, 6.45) is 2.20. The van der Waals surface area contributed by atoms with Crippen LogP contribution in [0.15, 0.2) is 30.3 Å². The molecule has 2 aromatic carbocycles. The van der Waals surface area contributed by atoms with E-state index in [4.69, 9.17) is 24.3 Å². The Morgan fingerprint density at radius 1 is 0.903 bits per heavy atom. The predicted molar refractivity (Wildman–Crippen MR) is 113 cm³/mol. The number of hydrogen-bond acceptors (Lipinski definition) is 6. The number of halogens is 2. The second-order valence-electron chi connectivity index (χ2n) is 7.29. The minimum absolute atomic E-state index is 0.349. The predicted octanol–water partition coefficient (Wildman–Crippen LogP) is 5.31. The van der Waals surface area contributed by atoms with Crippen LogP contribution in [-0.2, 0) is 0 Å². The van der Waals surface area contributed by atoms with Crippen molar-refractivity contribution in [3.05, 3.63) is 47.0 Å². The first kappa shape index (κ1) is 19.7. The van der Waals surface area contributed by atoms with Crippen LogP contribution in [0.3, 0.4) is 0 Å². The molecule has 0 amide bonds. The molecular formula is C22H19F2N3O3S. The minimum Gasteiger partial charge on any atom is -0.493 e. The van der Waals surface area contributed by atoms with Gasteiger partial charge in [-0.1, -0.05) is 11.3 Å². The number of benzene rings is 2. The molecule has 1 saturated carbocycles. The van der Waals surface area contributed by atoms with E-state index in [-0.39, 0.29) is 0 Å². The van der Waals surface area contributed by atoms with E-state index >= 15 is 0 Å². The lowest BCUT2D eigenvalue weighted by Crippen LogP contribution is -1.97. The Kier molecular flexibility index (Phi) is 4.77. The summed E-state index contributed by atoms with van der Waals surface area (Å²) >= 11 is 1.49. The summed E-state index contributed by atoms with van der Waals surface area (Å²) in [5.41, 5.74) is 2.03. The third-order valence-corrected chi connectivity index (χ3v) is 6.29. The van der Waals surface area contributed by atoms with Crippen LogP contribution in [0.1, 0.15) is 23.8 Å². The molecule has 2 aromatic heterocycles. The van der Waals surface area contributed by atoms with Gasteiger partial charge in [0.15, 0.2) is 11.5 Å². The van der Waals surface area contributed by atoms with Gasteiger partial charge in [-0.05, 0) is 37.1 Å². The summed E-state index contributed by atoms with van der Waals surface area (Å²) < 4.78 is 46.2. The van der Waals surface area contributed by atoms with E-state index in [1.807, 2.05) is 0 Å². The zero-order valence-electron chi connectivity index (χ0n) is 17.1. The van der Waals surface area contributed by atoms with E-state index in [1.54, 1.807) is 16.6 Å². The largest absolute Gasteiger partial charge is 0.493 e. The van der Waals surface area contributed by atoms with Gasteiger partial charge in [0, 0.05) is 23.1 Å². The lowest BCUT2D eigenvalue weighted by molar-refractivity contribution is 0.324. The number of rotatable bonds is 6. The first-order valence-corrected chi connectivity index (χ1v) is 10.5. The molecule has 0 N–H and O–H groups in total. The Hall–Kier alpha value is -3.20. The maximum atomic E-state index is 14.1. The molecule has 1 aliphatic rings. The molecule has 0 bridgehead atoms. The van der Waals surface area contributed by atoms with Gasteiger partial charge in [-0.15, -0.1) is 0 Å². The average molecular weight is 443 g/mol. The van der Waals surface area contributed by atoms with Crippen LogP contribution in [0.5, 0.6) is 17.2 Å². The molecule has 1 aliphatic carbocycles. The summed E-state index contributed by atoms with van der Waals surface area (Å²) in [6, 6.07) is 6.93. The van der Waals surface area contributed by atoms with Crippen molar-refractivity contribution in [3.8, 4) is 39.8 Å². The van der Waals surface area contributed by atoms with E-state index in [1.165, 1.54) is 44.8 Å². The van der Waals surface area contributed by atoms with Gasteiger partial charge in [0.1, 0.15) is 28.0 Å². The highest BCUT2D eigenvalue weighted by Gasteiger charge is 2.30. The fraction of sp³-hybridized carbons (Fsp3) is 0.273. The van der Waals surface area contributed by atoms with Crippen molar-refractivity contribution >= 4 is 16.3 Å². The molecule has 1 fully saturated rings. The smallest absolute Gasteiger partial charge is 0.213 e. The van der Waals surface area contributed by atoms with Crippen LogP contribution < -0.4 is 14.2 Å². The highest BCUT2D eigenvalue weighted by Crippen LogP contribution is 2.46. The molecule has 0 spiro atoms. The van der Waals surface area contributed by atoms with Gasteiger partial charge in [0.05, 0.1) is 21.3 Å². The molecule has 31 heavy (non-hydrogen) atoms. The van der Waals surface area contributed by atoms with E-state index < -0.39 is 11.6 Å². The highest BCUT2D eigenvalue weighted by atomic mass is 32.1. The number of hydrogen-bond donors (Lipinski definition) is 0. The van der Waals surface area contributed by atoms with E-state index in [0.717, 1.165) is 23.9 Å². The number of fused-ring (bicyclic) bond motifs is 1. The Labute approximate surface area is 181 Å². The lowest BCUT2D eigenvalue weighted by atomic mass is 10.0. The molecule has 5 rings (SSSR count). The van der Waals surface area contributed by atoms with Crippen molar-refractivity contribution in [2.45, 2.75) is 18.8 Å². The van der Waals surface area contributed by atoms with Crippen LogP contribution >= 0.6 is 11.3 Å². The fourth-order valence-electron chi connectivity index (χ4n) is 3.63. The summed E-state index contributed by atoms with van der Waals surface area (Å²) in [5, 5.41) is 5.70. The van der Waals surface area contributed by atoms with Crippen molar-refractivity contribution in [1.29, 1.82) is 0 Å². The molecule has 0 unspecified atom stereocenters. The molecule has 9 heteroatoms. The third-order valence-electron chi connectivity index (χ3n) is 5.22. The molecule has 0 aliphatic heterocycles. The van der Waals surface area contributed by atoms with Crippen molar-refractivity contribution in [2.24, 2.45) is 0 Å². The van der Waals surface area contributed by atoms with E-state index in [0.29, 0.717) is 50.6 Å². The summed E-state index contributed by atoms with van der Waals surface area (Å²) in [6.45, 7) is 0. The van der Waals surface area contributed by atoms with Gasteiger partial charge in [-0.3, -0.25) is 0 Å². The monoisotopic (exact) mass is 443 g/mol. The lowest BCUT2D eigenvalue weighted by Gasteiger charge is -2.14. The van der Waals surface area contributed by atoms with E-state index in [2.05, 4.69) is 0 Å². The average Bonchev–Trinajstić information content (AvgIpc) is 3.42. The van der Waals surface area contributed by atoms with Crippen LogP contribution in [-0.4, -0.2) is 35.9 Å². The Morgan fingerprint density at radius 2 is 1.55 bits per heavy atom. The zero-order chi connectivity index (χ0) is 21.7. The van der Waals surface area contributed by atoms with E-state index in [9.17, 15) is 8.78 Å². The molecule has 0 atom stereocenters. The van der Waals surface area contributed by atoms with Gasteiger partial charge in [-0.25, -0.2) is 18.3 Å². The topological polar surface area (TPSA) is 57.9 Å². The minimum atomic E-state index is -0.668. The van der Waals surface area contributed by atoms with Crippen LogP contribution in [0.25, 0.3) is 27.5 Å². The number of nitrogens with zero attached hydrogens (tertiary/aromatic N) is 3. The third kappa shape index (κ3) is 3.38. The van der Waals surface area contributed by atoms with Crippen molar-refractivity contribution in [1.82, 2.24) is 14.6 Å². The standard InChI is InChI=1S/C22H19F2N3O3S/c1-28-16-8-12(9-17(29-2)20(16)30-3)18-19(13-6-14(23)10-15(24)7-13)27-22(25-18)31-21(26-27)11-4-5-11/h6-11H,4-5H2,1-3H3. The number of aromatic nitrogens is 3. The van der Waals surface area contributed by atoms with Crippen LogP contribution in [0.2, 0.25) is 0 Å². The quantitative estimate of drug-likeness (QED) is 0.404. The van der Waals surface area contributed by atoms with Crippen LogP contribution in [0.4, 0.5) is 8.78 Å². The normalized spacial score (nSPS) is 13.6. The number of ether oxygens (including phenoxy) is 3. The Bertz CT molecular complexity index is 1250. The van der Waals surface area contributed by atoms with Gasteiger partial charge < -0.3 is 14.2 Å². The van der Waals surface area contributed by atoms with Crippen molar-refractivity contribution in [3.63, 3.8) is 0 Å². The van der Waals surface area contributed by atoms with Crippen molar-refractivity contribution < 1.29 is 23.0 Å². The fourth-order valence-corrected chi connectivity index (χ4v) is 4.69. The summed E-state index contributed by atoms with van der Waals surface area (Å²) in [5.74, 6) is 0.458. The number of methoxy groups -OCH3 is 3. The van der Waals surface area contributed by atoms with Gasteiger partial charge in [0.2, 0.25) is 10.7 Å². The molecule has 6 nitrogen and oxygen atoms in total. The first-order valence-electron chi connectivity index (χ1n) is 9.68. The van der Waals surface area contributed by atoms with Crippen molar-refractivity contribution in [2.75, 3.05) is 21.3 Å². The summed E-state index contributed by atoms with van der Waals surface area (Å²) in [7, 11) is 4.58. The highest BCUT2D eigenvalue weighted by molar-refractivity contribution is 7.16. The molecule has 0 radical (unpaired) electrons. The number of imidazole rings is 1. The zero-order valence-corrected chi connectivity index (χ0v) is 17.9. The molecule has 160 valence electrons. The Morgan fingerprint density at radius 3 is 2.10 bits per heavy atom. The van der Waals surface area contributed by atoms with Gasteiger partial charge >= 0.3 is 0 Å². The Balaban J connectivity index is 1.78. The van der Waals surface area contributed by atoms with Gasteiger partial charge in [0.25, 0.3) is 0 Å². The maximum absolute atomic E-state index is 14.1. The van der Waals surface area contributed by atoms with Gasteiger partial charge in [-0.2, -0.15) is 5.10 Å². The second kappa shape index (κ2) is 7.49. The second-order valence-corrected chi connectivity index (χ2v) is 8.28. The maximum Gasteiger partial charge on any atom is 0.213 e. The molecule has 4 aromatic rings. The SMILES string of the molecule is COc1cc(-c2nc3sc(C4CC4)nn3c2-c2cc(F)cc(F)c2)cc(OC)c1OC. The summed E-state index contributed by atoms with van der Waals surface area (Å²) in [4.78, 5) is 5.44. The molecule has 0 saturated heterocycles. The molecular weight excluding hydrogens is 424 g/mol. The van der Waals surface area contributed by atoms with Crippen LogP contribution in [0, 0.1) is 11.6 Å². The first-order chi connectivity index (χ1) is 15.0.